The van der Waals surface area contributed by atoms with Crippen molar-refractivity contribution in [2.45, 2.75) is 27.2 Å². The second-order valence-corrected chi connectivity index (χ2v) is 3.32. The van der Waals surface area contributed by atoms with Crippen LogP contribution in [0.2, 0.25) is 0 Å². The zero-order chi connectivity index (χ0) is 8.20. The minimum atomic E-state index is 0.631. The van der Waals surface area contributed by atoms with Crippen LogP contribution in [0.1, 0.15) is 27.2 Å². The van der Waals surface area contributed by atoms with Crippen LogP contribution >= 0.6 is 0 Å². The van der Waals surface area contributed by atoms with Crippen molar-refractivity contribution in [3.05, 3.63) is 12.2 Å². The molecule has 0 bridgehead atoms. The fourth-order valence-electron chi connectivity index (χ4n) is 1.07. The van der Waals surface area contributed by atoms with E-state index in [1.807, 2.05) is 0 Å². The van der Waals surface area contributed by atoms with Crippen LogP contribution in [0, 0.1) is 11.3 Å². The van der Waals surface area contributed by atoms with Crippen molar-refractivity contribution in [3.8, 4) is 0 Å². The molecule has 1 unspecified atom stereocenters. The summed E-state index contributed by atoms with van der Waals surface area (Å²) in [5.74, 6) is 0.882. The number of hydrogen-bond donors (Lipinski definition) is 1. The van der Waals surface area contributed by atoms with Crippen LogP contribution in [0.3, 0.4) is 0 Å². The summed E-state index contributed by atoms with van der Waals surface area (Å²) < 4.78 is 0. The molecule has 0 spiro atoms. The lowest BCUT2D eigenvalue weighted by Crippen LogP contribution is -1.84. The molecule has 0 aromatic heterocycles. The topological polar surface area (TPSA) is 20.2 Å². The summed E-state index contributed by atoms with van der Waals surface area (Å²) in [4.78, 5) is 0. The van der Waals surface area contributed by atoms with Gasteiger partial charge in [-0.3, -0.25) is 0 Å². The van der Waals surface area contributed by atoms with Gasteiger partial charge in [-0.25, -0.2) is 0 Å². The quantitative estimate of drug-likeness (QED) is 0.556. The molecule has 0 aliphatic heterocycles. The highest BCUT2D eigenvalue weighted by molar-refractivity contribution is 5.06. The summed E-state index contributed by atoms with van der Waals surface area (Å²) in [6.45, 7) is 6.73. The predicted molar refractivity (Wildman–Crippen MR) is 44.8 cm³/mol. The van der Waals surface area contributed by atoms with Crippen LogP contribution in [0.5, 0.6) is 0 Å². The van der Waals surface area contributed by atoms with Gasteiger partial charge < -0.3 is 5.11 Å². The monoisotopic (exact) mass is 142 g/mol. The molecule has 0 aromatic rings. The Bertz CT molecular complexity index is 114. The van der Waals surface area contributed by atoms with E-state index in [2.05, 4.69) is 32.9 Å². The van der Waals surface area contributed by atoms with Gasteiger partial charge >= 0.3 is 0 Å². The van der Waals surface area contributed by atoms with Gasteiger partial charge in [-0.15, -0.1) is 0 Å². The summed E-state index contributed by atoms with van der Waals surface area (Å²) in [5.41, 5.74) is 0.631. The van der Waals surface area contributed by atoms with E-state index in [-0.39, 0.29) is 0 Å². The largest absolute Gasteiger partial charge is 0.400 e. The van der Waals surface area contributed by atoms with Crippen molar-refractivity contribution < 1.29 is 5.11 Å². The van der Waals surface area contributed by atoms with Crippen LogP contribution in [-0.4, -0.2) is 12.2 Å². The number of allylic oxidation sites excluding steroid dienone is 2. The number of rotatable bonds is 1. The van der Waals surface area contributed by atoms with E-state index in [4.69, 9.17) is 5.11 Å². The molecular weight excluding hydrogens is 124 g/mol. The highest BCUT2D eigenvalue weighted by atomic mass is 16.2. The molecule has 60 valence electrons. The third kappa shape index (κ3) is 2.53. The van der Waals surface area contributed by atoms with Gasteiger partial charge in [0.1, 0.15) is 0 Å². The molecule has 0 saturated heterocycles. The van der Waals surface area contributed by atoms with Crippen molar-refractivity contribution in [2.75, 3.05) is 7.11 Å². The lowest BCUT2D eigenvalue weighted by Gasteiger charge is -1.93. The normalized spacial score (nSPS) is 27.5. The van der Waals surface area contributed by atoms with Gasteiger partial charge in [0.25, 0.3) is 0 Å². The number of aliphatic hydroxyl groups is 1. The first kappa shape index (κ1) is 9.70. The Morgan fingerprint density at radius 2 is 1.80 bits per heavy atom. The van der Waals surface area contributed by atoms with Crippen molar-refractivity contribution in [3.63, 3.8) is 0 Å². The maximum absolute atomic E-state index is 7.00. The SMILES string of the molecule is CC=CC1CC1(C)C.CO. The third-order valence-electron chi connectivity index (χ3n) is 2.01. The fourth-order valence-corrected chi connectivity index (χ4v) is 1.07. The molecule has 1 nitrogen and oxygen atoms in total. The van der Waals surface area contributed by atoms with Crippen LogP contribution < -0.4 is 0 Å². The second-order valence-electron chi connectivity index (χ2n) is 3.32. The van der Waals surface area contributed by atoms with Crippen LogP contribution in [0.25, 0.3) is 0 Å². The molecular formula is C9H18O. The highest BCUT2D eigenvalue weighted by Crippen LogP contribution is 2.52. The van der Waals surface area contributed by atoms with Gasteiger partial charge in [0.05, 0.1) is 0 Å². The minimum Gasteiger partial charge on any atom is -0.400 e. The van der Waals surface area contributed by atoms with Gasteiger partial charge in [0.2, 0.25) is 0 Å². The van der Waals surface area contributed by atoms with Crippen molar-refractivity contribution >= 4 is 0 Å². The first-order chi connectivity index (χ1) is 4.67. The molecule has 0 radical (unpaired) electrons. The van der Waals surface area contributed by atoms with E-state index in [9.17, 15) is 0 Å². The molecule has 1 heteroatoms. The first-order valence-corrected chi connectivity index (χ1v) is 3.74. The average molecular weight is 142 g/mol. The zero-order valence-electron chi connectivity index (χ0n) is 7.39. The fraction of sp³-hybridized carbons (Fsp3) is 0.778. The molecule has 1 N–H and O–H groups in total. The predicted octanol–water partition coefficient (Wildman–Crippen LogP) is 2.22. The second kappa shape index (κ2) is 3.77. The average Bonchev–Trinajstić information content (AvgIpc) is 2.46. The summed E-state index contributed by atoms with van der Waals surface area (Å²) in [7, 11) is 1.00. The van der Waals surface area contributed by atoms with Gasteiger partial charge in [0.15, 0.2) is 0 Å². The lowest BCUT2D eigenvalue weighted by molar-refractivity contribution is 0.399. The Morgan fingerprint density at radius 3 is 1.90 bits per heavy atom. The van der Waals surface area contributed by atoms with Crippen molar-refractivity contribution in [1.29, 1.82) is 0 Å². The van der Waals surface area contributed by atoms with Crippen molar-refractivity contribution in [2.24, 2.45) is 11.3 Å². The van der Waals surface area contributed by atoms with Gasteiger partial charge in [-0.05, 0) is 24.7 Å². The summed E-state index contributed by atoms with van der Waals surface area (Å²) in [5, 5.41) is 7.00. The smallest absolute Gasteiger partial charge is 0.0319 e. The summed E-state index contributed by atoms with van der Waals surface area (Å²) >= 11 is 0. The molecule has 1 aliphatic rings. The minimum absolute atomic E-state index is 0.631. The Hall–Kier alpha value is -0.300. The molecule has 1 aliphatic carbocycles. The summed E-state index contributed by atoms with van der Waals surface area (Å²) in [6, 6.07) is 0. The molecule has 1 atom stereocenters. The van der Waals surface area contributed by atoms with E-state index >= 15 is 0 Å². The van der Waals surface area contributed by atoms with E-state index in [0.717, 1.165) is 13.0 Å². The lowest BCUT2D eigenvalue weighted by atomic mass is 10.1. The van der Waals surface area contributed by atoms with Gasteiger partial charge in [0, 0.05) is 7.11 Å². The Labute approximate surface area is 63.8 Å². The Morgan fingerprint density at radius 1 is 1.40 bits per heavy atom. The van der Waals surface area contributed by atoms with Crippen LogP contribution in [0.15, 0.2) is 12.2 Å². The standard InChI is InChI=1S/C8H14.CH4O/c1-4-5-7-6-8(7,2)3;1-2/h4-5,7H,6H2,1-3H3;2H,1H3. The molecule has 0 heterocycles. The van der Waals surface area contributed by atoms with Crippen LogP contribution in [0.4, 0.5) is 0 Å². The molecule has 1 fully saturated rings. The first-order valence-electron chi connectivity index (χ1n) is 3.74. The van der Waals surface area contributed by atoms with E-state index in [1.165, 1.54) is 6.42 Å². The third-order valence-corrected chi connectivity index (χ3v) is 2.01. The maximum Gasteiger partial charge on any atom is 0.0319 e. The molecule has 1 saturated carbocycles. The number of hydrogen-bond acceptors (Lipinski definition) is 1. The van der Waals surface area contributed by atoms with Gasteiger partial charge in [-0.1, -0.05) is 26.0 Å². The highest BCUT2D eigenvalue weighted by Gasteiger charge is 2.43. The van der Waals surface area contributed by atoms with Gasteiger partial charge in [-0.2, -0.15) is 0 Å². The van der Waals surface area contributed by atoms with Crippen molar-refractivity contribution in [1.82, 2.24) is 0 Å². The van der Waals surface area contributed by atoms with E-state index in [1.54, 1.807) is 0 Å². The molecule has 10 heavy (non-hydrogen) atoms. The Kier molecular flexibility index (Phi) is 3.66. The maximum atomic E-state index is 7.00. The van der Waals surface area contributed by atoms with Crippen LogP contribution in [-0.2, 0) is 0 Å². The van der Waals surface area contributed by atoms with E-state index < -0.39 is 0 Å². The molecule has 1 rings (SSSR count). The Balaban J connectivity index is 0.000000371. The number of aliphatic hydroxyl groups excluding tert-OH is 1. The molecule has 0 amide bonds. The summed E-state index contributed by atoms with van der Waals surface area (Å²) in [6.07, 6.45) is 5.84. The zero-order valence-corrected chi connectivity index (χ0v) is 7.39. The van der Waals surface area contributed by atoms with E-state index in [0.29, 0.717) is 5.41 Å². The molecule has 0 aromatic carbocycles.